The van der Waals surface area contributed by atoms with Crippen LogP contribution < -0.4 is 10.0 Å². The summed E-state index contributed by atoms with van der Waals surface area (Å²) in [5.41, 5.74) is 0. The molecule has 1 aromatic heterocycles. The van der Waals surface area contributed by atoms with Crippen LogP contribution in [0.1, 0.15) is 25.5 Å². The first-order valence-corrected chi connectivity index (χ1v) is 8.89. The van der Waals surface area contributed by atoms with Crippen LogP contribution in [-0.2, 0) is 21.3 Å². The van der Waals surface area contributed by atoms with Crippen LogP contribution in [0.3, 0.4) is 0 Å². The number of nitrogens with one attached hydrogen (secondary N) is 2. The van der Waals surface area contributed by atoms with Gasteiger partial charge in [-0.1, -0.05) is 6.92 Å². The minimum atomic E-state index is -3.57. The largest absolute Gasteiger partial charge is 0.452 e. The van der Waals surface area contributed by atoms with Crippen molar-refractivity contribution in [2.75, 3.05) is 19.8 Å². The Morgan fingerprint density at radius 1 is 1.40 bits per heavy atom. The van der Waals surface area contributed by atoms with Crippen molar-refractivity contribution in [1.82, 2.24) is 10.0 Å². The smallest absolute Gasteiger partial charge is 0.245 e. The third-order valence-corrected chi connectivity index (χ3v) is 5.47. The van der Waals surface area contributed by atoms with Crippen LogP contribution in [-0.4, -0.2) is 34.2 Å². The van der Waals surface area contributed by atoms with E-state index in [1.54, 1.807) is 6.07 Å². The Morgan fingerprint density at radius 3 is 2.75 bits per heavy atom. The van der Waals surface area contributed by atoms with Crippen molar-refractivity contribution in [3.8, 4) is 0 Å². The number of hydrogen-bond donors (Lipinski definition) is 2. The van der Waals surface area contributed by atoms with Crippen molar-refractivity contribution < 1.29 is 17.6 Å². The lowest BCUT2D eigenvalue weighted by atomic mass is 10.1. The van der Waals surface area contributed by atoms with Gasteiger partial charge in [0.25, 0.3) is 0 Å². The second kappa shape index (κ2) is 7.04. The molecule has 0 saturated carbocycles. The van der Waals surface area contributed by atoms with Gasteiger partial charge >= 0.3 is 0 Å². The summed E-state index contributed by atoms with van der Waals surface area (Å²) in [6.45, 7) is 4.45. The lowest BCUT2D eigenvalue weighted by molar-refractivity contribution is 0.0832. The van der Waals surface area contributed by atoms with E-state index in [0.29, 0.717) is 38.4 Å². The summed E-state index contributed by atoms with van der Waals surface area (Å²) in [6.07, 6.45) is 1.39. The fourth-order valence-electron chi connectivity index (χ4n) is 2.01. The van der Waals surface area contributed by atoms with E-state index < -0.39 is 10.0 Å². The summed E-state index contributed by atoms with van der Waals surface area (Å²) in [7, 11) is -3.57. The third kappa shape index (κ3) is 4.05. The van der Waals surface area contributed by atoms with E-state index in [1.165, 1.54) is 0 Å². The summed E-state index contributed by atoms with van der Waals surface area (Å²) in [6, 6.07) is 1.47. The fourth-order valence-corrected chi connectivity index (χ4v) is 4.32. The number of furan rings is 1. The van der Waals surface area contributed by atoms with Gasteiger partial charge < -0.3 is 14.5 Å². The van der Waals surface area contributed by atoms with Gasteiger partial charge in [0, 0.05) is 25.3 Å². The van der Waals surface area contributed by atoms with E-state index >= 15 is 0 Å². The van der Waals surface area contributed by atoms with Gasteiger partial charge in [-0.05, 0) is 35.3 Å². The van der Waals surface area contributed by atoms with E-state index in [1.807, 2.05) is 6.92 Å². The first-order valence-electron chi connectivity index (χ1n) is 6.62. The molecule has 1 fully saturated rings. The Morgan fingerprint density at radius 2 is 2.10 bits per heavy atom. The molecule has 0 atom stereocenters. The highest BCUT2D eigenvalue weighted by Gasteiger charge is 2.26. The maximum absolute atomic E-state index is 12.3. The van der Waals surface area contributed by atoms with Crippen molar-refractivity contribution in [1.29, 1.82) is 0 Å². The van der Waals surface area contributed by atoms with Crippen LogP contribution >= 0.6 is 15.9 Å². The van der Waals surface area contributed by atoms with Crippen molar-refractivity contribution in [3.63, 3.8) is 0 Å². The van der Waals surface area contributed by atoms with Crippen LogP contribution in [0.5, 0.6) is 0 Å². The zero-order chi connectivity index (χ0) is 14.6. The number of halogens is 1. The first-order chi connectivity index (χ1) is 9.53. The highest BCUT2D eigenvalue weighted by atomic mass is 79.9. The minimum absolute atomic E-state index is 0.0761. The van der Waals surface area contributed by atoms with Gasteiger partial charge in [-0.2, -0.15) is 0 Å². The van der Waals surface area contributed by atoms with Crippen molar-refractivity contribution in [2.45, 2.75) is 37.2 Å². The lowest BCUT2D eigenvalue weighted by Crippen LogP contribution is -2.38. The monoisotopic (exact) mass is 366 g/mol. The molecule has 114 valence electrons. The van der Waals surface area contributed by atoms with Crippen LogP contribution in [0.2, 0.25) is 0 Å². The fraction of sp³-hybridized carbons (Fsp3) is 0.667. The molecule has 6 nitrogen and oxygen atoms in total. The molecule has 1 aliphatic heterocycles. The first kappa shape index (κ1) is 16.0. The van der Waals surface area contributed by atoms with E-state index in [2.05, 4.69) is 26.0 Å². The summed E-state index contributed by atoms with van der Waals surface area (Å²) in [4.78, 5) is 0.150. The van der Waals surface area contributed by atoms with Gasteiger partial charge in [0.1, 0.15) is 10.7 Å². The van der Waals surface area contributed by atoms with Crippen LogP contribution in [0, 0.1) is 0 Å². The molecule has 0 aromatic carbocycles. The minimum Gasteiger partial charge on any atom is -0.452 e. The average Bonchev–Trinajstić information content (AvgIpc) is 2.79. The molecular weight excluding hydrogens is 348 g/mol. The van der Waals surface area contributed by atoms with Crippen LogP contribution in [0.25, 0.3) is 0 Å². The normalized spacial score (nSPS) is 17.5. The number of rotatable bonds is 6. The summed E-state index contributed by atoms with van der Waals surface area (Å²) < 4.78 is 38.3. The molecule has 0 radical (unpaired) electrons. The predicted molar refractivity (Wildman–Crippen MR) is 78.0 cm³/mol. The Kier molecular flexibility index (Phi) is 5.62. The van der Waals surface area contributed by atoms with Gasteiger partial charge in [0.15, 0.2) is 4.67 Å². The van der Waals surface area contributed by atoms with Crippen LogP contribution in [0.4, 0.5) is 0 Å². The zero-order valence-electron chi connectivity index (χ0n) is 11.3. The van der Waals surface area contributed by atoms with Crippen molar-refractivity contribution in [3.05, 3.63) is 16.5 Å². The van der Waals surface area contributed by atoms with E-state index in [-0.39, 0.29) is 15.6 Å². The second-order valence-electron chi connectivity index (χ2n) is 4.64. The molecule has 2 heterocycles. The molecule has 2 rings (SSSR count). The third-order valence-electron chi connectivity index (χ3n) is 3.09. The quantitative estimate of drug-likeness (QED) is 0.799. The molecule has 20 heavy (non-hydrogen) atoms. The highest BCUT2D eigenvalue weighted by molar-refractivity contribution is 9.10. The Balaban J connectivity index is 2.09. The average molecular weight is 367 g/mol. The van der Waals surface area contributed by atoms with Gasteiger partial charge in [0.2, 0.25) is 10.0 Å². The SMILES string of the molecule is CCNCc1cc(S(=O)(=O)NC2CCOCC2)c(Br)o1. The summed E-state index contributed by atoms with van der Waals surface area (Å²) >= 11 is 3.17. The molecule has 8 heteroatoms. The maximum atomic E-state index is 12.3. The predicted octanol–water partition coefficient (Wildman–Crippen LogP) is 1.61. The van der Waals surface area contributed by atoms with Crippen molar-refractivity contribution >= 4 is 26.0 Å². The summed E-state index contributed by atoms with van der Waals surface area (Å²) in [5.74, 6) is 0.589. The lowest BCUT2D eigenvalue weighted by Gasteiger charge is -2.22. The standard InChI is InChI=1S/C12H19BrN2O4S/c1-2-14-8-10-7-11(12(13)19-10)20(16,17)15-9-3-5-18-6-4-9/h7,9,14-15H,2-6,8H2,1H3. The van der Waals surface area contributed by atoms with Gasteiger partial charge in [0.05, 0.1) is 6.54 Å². The molecular formula is C12H19BrN2O4S. The molecule has 0 spiro atoms. The molecule has 2 N–H and O–H groups in total. The van der Waals surface area contributed by atoms with Gasteiger partial charge in [-0.3, -0.25) is 0 Å². The highest BCUT2D eigenvalue weighted by Crippen LogP contribution is 2.26. The van der Waals surface area contributed by atoms with Gasteiger partial charge in [-0.15, -0.1) is 0 Å². The molecule has 1 aliphatic rings. The Bertz CT molecular complexity index is 538. The number of ether oxygens (including phenoxy) is 1. The molecule has 1 saturated heterocycles. The van der Waals surface area contributed by atoms with Gasteiger partial charge in [-0.25, -0.2) is 13.1 Å². The van der Waals surface area contributed by atoms with Crippen molar-refractivity contribution in [2.24, 2.45) is 0 Å². The Hall–Kier alpha value is -0.410. The zero-order valence-corrected chi connectivity index (χ0v) is 13.7. The van der Waals surface area contributed by atoms with E-state index in [0.717, 1.165) is 6.54 Å². The topological polar surface area (TPSA) is 80.6 Å². The van der Waals surface area contributed by atoms with Crippen LogP contribution in [0.15, 0.2) is 20.0 Å². The maximum Gasteiger partial charge on any atom is 0.245 e. The number of sulfonamides is 1. The summed E-state index contributed by atoms with van der Waals surface area (Å²) in [5, 5.41) is 3.09. The van der Waals surface area contributed by atoms with E-state index in [4.69, 9.17) is 9.15 Å². The molecule has 0 bridgehead atoms. The molecule has 0 unspecified atom stereocenters. The second-order valence-corrected chi connectivity index (χ2v) is 7.04. The Labute approximate surface area is 127 Å². The molecule has 0 aliphatic carbocycles. The number of hydrogen-bond acceptors (Lipinski definition) is 5. The molecule has 1 aromatic rings. The molecule has 0 amide bonds. The van der Waals surface area contributed by atoms with E-state index in [9.17, 15) is 8.42 Å².